The van der Waals surface area contributed by atoms with Crippen LogP contribution < -0.4 is 0 Å². The van der Waals surface area contributed by atoms with Crippen molar-refractivity contribution in [3.05, 3.63) is 77.2 Å². The molecule has 4 rings (SSSR count). The Balaban J connectivity index is 1.59. The zero-order chi connectivity index (χ0) is 19.6. The van der Waals surface area contributed by atoms with Crippen LogP contribution in [0.25, 0.3) is 0 Å². The number of halogens is 1. The average molecular weight is 418 g/mol. The molecule has 0 spiro atoms. The van der Waals surface area contributed by atoms with E-state index in [2.05, 4.69) is 9.97 Å². The Labute approximate surface area is 169 Å². The highest BCUT2D eigenvalue weighted by molar-refractivity contribution is 7.89. The Kier molecular flexibility index (Phi) is 5.48. The van der Waals surface area contributed by atoms with E-state index in [0.717, 1.165) is 18.4 Å². The molecule has 0 N–H and O–H groups in total. The van der Waals surface area contributed by atoms with Gasteiger partial charge in [0.15, 0.2) is 0 Å². The summed E-state index contributed by atoms with van der Waals surface area (Å²) in [6, 6.07) is 10.3. The molecule has 0 bridgehead atoms. The highest BCUT2D eigenvalue weighted by atomic mass is 35.5. The Morgan fingerprint density at radius 2 is 2.07 bits per heavy atom. The van der Waals surface area contributed by atoms with Gasteiger partial charge in [-0.2, -0.15) is 4.31 Å². The van der Waals surface area contributed by atoms with Gasteiger partial charge in [0.1, 0.15) is 16.7 Å². The summed E-state index contributed by atoms with van der Waals surface area (Å²) in [6.07, 6.45) is 7.57. The molecule has 146 valence electrons. The van der Waals surface area contributed by atoms with Gasteiger partial charge in [-0.3, -0.25) is 4.98 Å². The lowest BCUT2D eigenvalue weighted by atomic mass is 10.1. The van der Waals surface area contributed by atoms with Gasteiger partial charge in [-0.15, -0.1) is 0 Å². The number of hydrogen-bond donors (Lipinski definition) is 0. The van der Waals surface area contributed by atoms with Crippen LogP contribution in [-0.4, -0.2) is 29.2 Å². The zero-order valence-electron chi connectivity index (χ0n) is 15.2. The molecule has 1 aromatic carbocycles. The van der Waals surface area contributed by atoms with Crippen LogP contribution in [0.15, 0.2) is 64.3 Å². The predicted octanol–water partition coefficient (Wildman–Crippen LogP) is 4.23. The third-order valence-corrected chi connectivity index (χ3v) is 6.95. The van der Waals surface area contributed by atoms with Crippen molar-refractivity contribution in [2.45, 2.75) is 36.6 Å². The molecule has 1 saturated heterocycles. The largest absolute Gasteiger partial charge is 0.444 e. The second-order valence-corrected chi connectivity index (χ2v) is 9.11. The minimum absolute atomic E-state index is 0.188. The summed E-state index contributed by atoms with van der Waals surface area (Å²) in [5.74, 6) is 1.12. The highest BCUT2D eigenvalue weighted by Gasteiger charge is 2.37. The molecular formula is C20H20ClN3O3S. The maximum Gasteiger partial charge on any atom is 0.245 e. The van der Waals surface area contributed by atoms with E-state index in [1.165, 1.54) is 10.5 Å². The molecule has 1 aliphatic rings. The lowest BCUT2D eigenvalue weighted by Crippen LogP contribution is -2.38. The van der Waals surface area contributed by atoms with Gasteiger partial charge in [-0.05, 0) is 42.7 Å². The van der Waals surface area contributed by atoms with Crippen LogP contribution in [-0.2, 0) is 16.4 Å². The van der Waals surface area contributed by atoms with Crippen LogP contribution in [0.3, 0.4) is 0 Å². The first-order valence-electron chi connectivity index (χ1n) is 9.15. The van der Waals surface area contributed by atoms with Crippen molar-refractivity contribution in [2.75, 3.05) is 6.54 Å². The molecule has 2 aromatic heterocycles. The number of oxazole rings is 1. The normalized spacial score (nSPS) is 18.2. The van der Waals surface area contributed by atoms with Crippen LogP contribution >= 0.6 is 11.6 Å². The lowest BCUT2D eigenvalue weighted by molar-refractivity contribution is 0.216. The van der Waals surface area contributed by atoms with Gasteiger partial charge in [0, 0.05) is 30.4 Å². The maximum atomic E-state index is 13.1. The monoisotopic (exact) mass is 417 g/mol. The number of sulfonamides is 1. The molecule has 28 heavy (non-hydrogen) atoms. The Hall–Kier alpha value is -2.22. The number of aromatic nitrogens is 2. The van der Waals surface area contributed by atoms with Crippen molar-refractivity contribution in [3.63, 3.8) is 0 Å². The average Bonchev–Trinajstić information content (AvgIpc) is 3.17. The molecule has 3 heterocycles. The van der Waals surface area contributed by atoms with Crippen molar-refractivity contribution in [3.8, 4) is 0 Å². The van der Waals surface area contributed by atoms with Crippen LogP contribution in [0.2, 0.25) is 5.02 Å². The summed E-state index contributed by atoms with van der Waals surface area (Å²) in [7, 11) is -3.66. The Morgan fingerprint density at radius 3 is 2.86 bits per heavy atom. The van der Waals surface area contributed by atoms with Crippen molar-refractivity contribution in [1.29, 1.82) is 0 Å². The van der Waals surface area contributed by atoms with E-state index < -0.39 is 16.1 Å². The molecule has 1 atom stereocenters. The maximum absolute atomic E-state index is 13.1. The summed E-state index contributed by atoms with van der Waals surface area (Å²) >= 11 is 6.04. The first-order valence-corrected chi connectivity index (χ1v) is 11.0. The van der Waals surface area contributed by atoms with Crippen LogP contribution in [0.1, 0.15) is 42.5 Å². The topological polar surface area (TPSA) is 76.3 Å². The molecule has 0 saturated carbocycles. The number of rotatable bonds is 5. The molecule has 0 amide bonds. The second-order valence-electron chi connectivity index (χ2n) is 6.79. The molecule has 1 unspecified atom stereocenters. The summed E-state index contributed by atoms with van der Waals surface area (Å²) in [5.41, 5.74) is 1.01. The number of benzene rings is 1. The first kappa shape index (κ1) is 19.1. The van der Waals surface area contributed by atoms with Gasteiger partial charge in [0.2, 0.25) is 15.9 Å². The Morgan fingerprint density at radius 1 is 1.18 bits per heavy atom. The molecule has 1 fully saturated rings. The van der Waals surface area contributed by atoms with Crippen LogP contribution in [0.4, 0.5) is 0 Å². The van der Waals surface area contributed by atoms with Gasteiger partial charge in [-0.25, -0.2) is 13.4 Å². The van der Waals surface area contributed by atoms with E-state index >= 15 is 0 Å². The van der Waals surface area contributed by atoms with Gasteiger partial charge in [-0.1, -0.05) is 30.2 Å². The predicted molar refractivity (Wildman–Crippen MR) is 105 cm³/mol. The highest BCUT2D eigenvalue weighted by Crippen LogP contribution is 2.35. The molecule has 3 aromatic rings. The Bertz CT molecular complexity index is 1050. The van der Waals surface area contributed by atoms with Gasteiger partial charge < -0.3 is 4.42 Å². The SMILES string of the molecule is O=S(=O)(c1cccnc1)N1CCCCC1c1ncc(Cc2cccc(Cl)c2)o1. The quantitative estimate of drug-likeness (QED) is 0.620. The zero-order valence-corrected chi connectivity index (χ0v) is 16.7. The molecule has 6 nitrogen and oxygen atoms in total. The lowest BCUT2D eigenvalue weighted by Gasteiger charge is -2.32. The van der Waals surface area contributed by atoms with Gasteiger partial charge in [0.25, 0.3) is 0 Å². The minimum atomic E-state index is -3.66. The summed E-state index contributed by atoms with van der Waals surface area (Å²) < 4.78 is 33.7. The van der Waals surface area contributed by atoms with Gasteiger partial charge >= 0.3 is 0 Å². The van der Waals surface area contributed by atoms with Crippen LogP contribution in [0.5, 0.6) is 0 Å². The van der Waals surface area contributed by atoms with E-state index in [4.69, 9.17) is 16.0 Å². The third kappa shape index (κ3) is 3.97. The molecule has 8 heteroatoms. The number of hydrogen-bond acceptors (Lipinski definition) is 5. The molecular weight excluding hydrogens is 398 g/mol. The summed E-state index contributed by atoms with van der Waals surface area (Å²) in [6.45, 7) is 0.438. The molecule has 1 aliphatic heterocycles. The minimum Gasteiger partial charge on any atom is -0.444 e. The van der Waals surface area contributed by atoms with Crippen molar-refractivity contribution < 1.29 is 12.8 Å². The van der Waals surface area contributed by atoms with E-state index in [0.29, 0.717) is 36.1 Å². The van der Waals surface area contributed by atoms with Crippen molar-refractivity contribution in [1.82, 2.24) is 14.3 Å². The second kappa shape index (κ2) is 8.03. The van der Waals surface area contributed by atoms with Crippen LogP contribution in [0, 0.1) is 0 Å². The number of nitrogens with zero attached hydrogens (tertiary/aromatic N) is 3. The molecule has 0 radical (unpaired) electrons. The summed E-state index contributed by atoms with van der Waals surface area (Å²) in [5, 5.41) is 0.665. The number of pyridine rings is 1. The third-order valence-electron chi connectivity index (χ3n) is 4.82. The molecule has 0 aliphatic carbocycles. The smallest absolute Gasteiger partial charge is 0.245 e. The summed E-state index contributed by atoms with van der Waals surface area (Å²) in [4.78, 5) is 8.53. The van der Waals surface area contributed by atoms with E-state index in [9.17, 15) is 8.42 Å². The van der Waals surface area contributed by atoms with Gasteiger partial charge in [0.05, 0.1) is 6.20 Å². The fourth-order valence-corrected chi connectivity index (χ4v) is 5.31. The number of piperidine rings is 1. The fourth-order valence-electron chi connectivity index (χ4n) is 3.48. The fraction of sp³-hybridized carbons (Fsp3) is 0.300. The van der Waals surface area contributed by atoms with E-state index in [-0.39, 0.29) is 4.90 Å². The van der Waals surface area contributed by atoms with E-state index in [1.807, 2.05) is 24.3 Å². The van der Waals surface area contributed by atoms with Crippen molar-refractivity contribution >= 4 is 21.6 Å². The standard InChI is InChI=1S/C20H20ClN3O3S/c21-16-6-3-5-15(11-16)12-17-13-23-20(27-17)19-8-1-2-10-24(19)28(25,26)18-7-4-9-22-14-18/h3-7,9,11,13-14,19H,1-2,8,10,12H2. The van der Waals surface area contributed by atoms with Crippen molar-refractivity contribution in [2.24, 2.45) is 0 Å². The first-order chi connectivity index (χ1) is 13.5. The van der Waals surface area contributed by atoms with E-state index in [1.54, 1.807) is 24.5 Å².